The van der Waals surface area contributed by atoms with Crippen LogP contribution in [-0.2, 0) is 13.0 Å². The lowest BCUT2D eigenvalue weighted by molar-refractivity contribution is 0.231. The summed E-state index contributed by atoms with van der Waals surface area (Å²) in [6.07, 6.45) is 0.951. The quantitative estimate of drug-likeness (QED) is 0.874. The Bertz CT molecular complexity index is 686. The fraction of sp³-hybridized carbons (Fsp3) is 0.294. The molecule has 2 aliphatic rings. The minimum Gasteiger partial charge on any atom is -0.492 e. The predicted octanol–water partition coefficient (Wildman–Crippen LogP) is 3.50. The normalized spacial score (nSPS) is 20.0. The van der Waals surface area contributed by atoms with Crippen LogP contribution in [0.2, 0.25) is 5.02 Å². The van der Waals surface area contributed by atoms with Crippen molar-refractivity contribution in [3.8, 4) is 11.5 Å². The van der Waals surface area contributed by atoms with E-state index in [1.54, 1.807) is 0 Å². The molecule has 2 aromatic rings. The lowest BCUT2D eigenvalue weighted by atomic mass is 9.89. The Labute approximate surface area is 128 Å². The van der Waals surface area contributed by atoms with Crippen molar-refractivity contribution in [2.45, 2.75) is 18.9 Å². The molecule has 2 aliphatic heterocycles. The highest BCUT2D eigenvalue weighted by atomic mass is 35.5. The summed E-state index contributed by atoms with van der Waals surface area (Å²) < 4.78 is 11.7. The van der Waals surface area contributed by atoms with Crippen LogP contribution in [0.3, 0.4) is 0 Å². The third kappa shape index (κ3) is 2.27. The second kappa shape index (κ2) is 5.24. The third-order valence-corrected chi connectivity index (χ3v) is 4.51. The van der Waals surface area contributed by atoms with E-state index in [1.807, 2.05) is 24.3 Å². The van der Waals surface area contributed by atoms with Crippen molar-refractivity contribution >= 4 is 11.6 Å². The summed E-state index contributed by atoms with van der Waals surface area (Å²) in [5.74, 6) is 2.23. The van der Waals surface area contributed by atoms with E-state index in [9.17, 15) is 0 Å². The van der Waals surface area contributed by atoms with Gasteiger partial charge in [-0.2, -0.15) is 0 Å². The highest BCUT2D eigenvalue weighted by Gasteiger charge is 2.27. The predicted molar refractivity (Wildman–Crippen MR) is 82.2 cm³/mol. The first-order valence-electron chi connectivity index (χ1n) is 7.18. The van der Waals surface area contributed by atoms with Crippen LogP contribution in [0, 0.1) is 0 Å². The second-order valence-electron chi connectivity index (χ2n) is 5.48. The van der Waals surface area contributed by atoms with E-state index in [0.29, 0.717) is 19.3 Å². The van der Waals surface area contributed by atoms with Gasteiger partial charge < -0.3 is 9.47 Å². The molecule has 0 saturated carbocycles. The second-order valence-corrected chi connectivity index (χ2v) is 5.89. The SMILES string of the molecule is Clc1ccccc1C1COc2c(ccc3c2CNCO3)C1. The van der Waals surface area contributed by atoms with Crippen LogP contribution in [0.5, 0.6) is 11.5 Å². The number of halogens is 1. The van der Waals surface area contributed by atoms with E-state index in [0.717, 1.165) is 40.6 Å². The zero-order valence-electron chi connectivity index (χ0n) is 11.6. The van der Waals surface area contributed by atoms with Crippen LogP contribution in [0.15, 0.2) is 36.4 Å². The van der Waals surface area contributed by atoms with Gasteiger partial charge in [0.15, 0.2) is 0 Å². The topological polar surface area (TPSA) is 30.5 Å². The van der Waals surface area contributed by atoms with Gasteiger partial charge in [-0.3, -0.25) is 5.32 Å². The van der Waals surface area contributed by atoms with Crippen molar-refractivity contribution in [2.75, 3.05) is 13.3 Å². The smallest absolute Gasteiger partial charge is 0.139 e. The van der Waals surface area contributed by atoms with E-state index in [4.69, 9.17) is 21.1 Å². The fourth-order valence-corrected chi connectivity index (χ4v) is 3.41. The van der Waals surface area contributed by atoms with Gasteiger partial charge in [0.1, 0.15) is 18.2 Å². The molecule has 0 spiro atoms. The Hall–Kier alpha value is -1.71. The lowest BCUT2D eigenvalue weighted by Crippen LogP contribution is -2.28. The Kier molecular flexibility index (Phi) is 3.24. The van der Waals surface area contributed by atoms with Crippen LogP contribution < -0.4 is 14.8 Å². The van der Waals surface area contributed by atoms with Crippen LogP contribution in [-0.4, -0.2) is 13.3 Å². The van der Waals surface area contributed by atoms with Crippen LogP contribution in [0.1, 0.15) is 22.6 Å². The van der Waals surface area contributed by atoms with Gasteiger partial charge in [-0.1, -0.05) is 35.9 Å². The van der Waals surface area contributed by atoms with E-state index in [1.165, 1.54) is 5.56 Å². The number of hydrogen-bond acceptors (Lipinski definition) is 3. The summed E-state index contributed by atoms with van der Waals surface area (Å²) in [6, 6.07) is 12.2. The molecular formula is C17H16ClNO2. The zero-order valence-corrected chi connectivity index (χ0v) is 12.3. The van der Waals surface area contributed by atoms with Crippen molar-refractivity contribution in [3.05, 3.63) is 58.1 Å². The molecule has 0 bridgehead atoms. The van der Waals surface area contributed by atoms with Gasteiger partial charge in [0.25, 0.3) is 0 Å². The molecule has 0 saturated heterocycles. The minimum atomic E-state index is 0.307. The first kappa shape index (κ1) is 13.0. The summed E-state index contributed by atoms with van der Waals surface area (Å²) in [5.41, 5.74) is 3.53. The van der Waals surface area contributed by atoms with Gasteiger partial charge >= 0.3 is 0 Å². The van der Waals surface area contributed by atoms with E-state index in [-0.39, 0.29) is 0 Å². The van der Waals surface area contributed by atoms with Crippen molar-refractivity contribution < 1.29 is 9.47 Å². The maximum Gasteiger partial charge on any atom is 0.139 e. The maximum atomic E-state index is 6.31. The Morgan fingerprint density at radius 2 is 2.00 bits per heavy atom. The number of hydrogen-bond donors (Lipinski definition) is 1. The summed E-state index contributed by atoms with van der Waals surface area (Å²) in [4.78, 5) is 0. The van der Waals surface area contributed by atoms with Crippen LogP contribution >= 0.6 is 11.6 Å². The zero-order chi connectivity index (χ0) is 14.2. The molecule has 1 atom stereocenters. The molecule has 3 nitrogen and oxygen atoms in total. The van der Waals surface area contributed by atoms with Gasteiger partial charge in [-0.15, -0.1) is 0 Å². The van der Waals surface area contributed by atoms with Gasteiger partial charge in [-0.05, 0) is 29.7 Å². The summed E-state index contributed by atoms with van der Waals surface area (Å²) in [5, 5.41) is 4.04. The molecule has 21 heavy (non-hydrogen) atoms. The highest BCUT2D eigenvalue weighted by Crippen LogP contribution is 2.40. The first-order valence-corrected chi connectivity index (χ1v) is 7.56. The summed E-state index contributed by atoms with van der Waals surface area (Å²) >= 11 is 6.31. The van der Waals surface area contributed by atoms with Crippen LogP contribution in [0.25, 0.3) is 0 Å². The average Bonchev–Trinajstić information content (AvgIpc) is 2.54. The van der Waals surface area contributed by atoms with E-state index < -0.39 is 0 Å². The Morgan fingerprint density at radius 3 is 2.90 bits per heavy atom. The maximum absolute atomic E-state index is 6.31. The monoisotopic (exact) mass is 301 g/mol. The highest BCUT2D eigenvalue weighted by molar-refractivity contribution is 6.31. The average molecular weight is 302 g/mol. The molecule has 2 heterocycles. The van der Waals surface area contributed by atoms with Crippen molar-refractivity contribution in [3.63, 3.8) is 0 Å². The number of ether oxygens (including phenoxy) is 2. The van der Waals surface area contributed by atoms with Gasteiger partial charge in [0.2, 0.25) is 0 Å². The van der Waals surface area contributed by atoms with Crippen LogP contribution in [0.4, 0.5) is 0 Å². The molecular weight excluding hydrogens is 286 g/mol. The molecule has 0 aliphatic carbocycles. The van der Waals surface area contributed by atoms with Gasteiger partial charge in [0.05, 0.1) is 12.2 Å². The molecule has 4 rings (SSSR count). The van der Waals surface area contributed by atoms with E-state index in [2.05, 4.69) is 17.4 Å². The molecule has 1 unspecified atom stereocenters. The molecule has 0 amide bonds. The molecule has 1 N–H and O–H groups in total. The molecule has 2 aromatic carbocycles. The van der Waals surface area contributed by atoms with Crippen molar-refractivity contribution in [2.24, 2.45) is 0 Å². The van der Waals surface area contributed by atoms with Crippen molar-refractivity contribution in [1.29, 1.82) is 0 Å². The lowest BCUT2D eigenvalue weighted by Gasteiger charge is -2.30. The summed E-state index contributed by atoms with van der Waals surface area (Å²) in [7, 11) is 0. The standard InChI is InChI=1S/C17H16ClNO2/c18-15-4-2-1-3-13(15)12-7-11-5-6-16-14(8-19-10-21-16)17(11)20-9-12/h1-6,12,19H,7-10H2. The van der Waals surface area contributed by atoms with E-state index >= 15 is 0 Å². The van der Waals surface area contributed by atoms with Gasteiger partial charge in [-0.25, -0.2) is 0 Å². The van der Waals surface area contributed by atoms with Gasteiger partial charge in [0, 0.05) is 17.5 Å². The number of nitrogens with one attached hydrogen (secondary N) is 1. The molecule has 108 valence electrons. The molecule has 0 aromatic heterocycles. The number of fused-ring (bicyclic) bond motifs is 3. The number of rotatable bonds is 1. The molecule has 0 radical (unpaired) electrons. The van der Waals surface area contributed by atoms with Crippen molar-refractivity contribution in [1.82, 2.24) is 5.32 Å². The fourth-order valence-electron chi connectivity index (χ4n) is 3.12. The largest absolute Gasteiger partial charge is 0.492 e. The first-order chi connectivity index (χ1) is 10.3. The Morgan fingerprint density at radius 1 is 1.10 bits per heavy atom. The summed E-state index contributed by atoms with van der Waals surface area (Å²) in [6.45, 7) is 2.02. The Balaban J connectivity index is 1.68. The molecule has 4 heteroatoms. The molecule has 0 fully saturated rings. The number of benzene rings is 2. The third-order valence-electron chi connectivity index (χ3n) is 4.17. The minimum absolute atomic E-state index is 0.307.